The monoisotopic (exact) mass is 275 g/mol. The summed E-state index contributed by atoms with van der Waals surface area (Å²) >= 11 is 5.34. The SMILES string of the molecule is CC(C)c1n[nH]c(=S)n1C(C)CCc1ccccc1. The minimum atomic E-state index is 0.365. The molecule has 4 heteroatoms. The van der Waals surface area contributed by atoms with Gasteiger partial charge in [0.05, 0.1) is 0 Å². The van der Waals surface area contributed by atoms with Gasteiger partial charge in [0, 0.05) is 12.0 Å². The molecule has 1 unspecified atom stereocenters. The van der Waals surface area contributed by atoms with Crippen LogP contribution in [0, 0.1) is 4.77 Å². The first-order valence-electron chi connectivity index (χ1n) is 6.80. The Balaban J connectivity index is 2.10. The van der Waals surface area contributed by atoms with Crippen LogP contribution < -0.4 is 0 Å². The number of nitrogens with zero attached hydrogens (tertiary/aromatic N) is 2. The van der Waals surface area contributed by atoms with E-state index in [2.05, 4.69) is 65.9 Å². The number of aryl methyl sites for hydroxylation is 1. The Labute approximate surface area is 119 Å². The number of rotatable bonds is 5. The summed E-state index contributed by atoms with van der Waals surface area (Å²) in [5.41, 5.74) is 1.37. The minimum absolute atomic E-state index is 0.365. The minimum Gasteiger partial charge on any atom is -0.301 e. The molecule has 0 amide bonds. The highest BCUT2D eigenvalue weighted by Crippen LogP contribution is 2.21. The molecule has 2 rings (SSSR count). The van der Waals surface area contributed by atoms with Crippen molar-refractivity contribution in [3.8, 4) is 0 Å². The molecule has 19 heavy (non-hydrogen) atoms. The first-order chi connectivity index (χ1) is 9.09. The van der Waals surface area contributed by atoms with Gasteiger partial charge in [0.1, 0.15) is 5.82 Å². The lowest BCUT2D eigenvalue weighted by Gasteiger charge is -2.17. The van der Waals surface area contributed by atoms with Crippen molar-refractivity contribution in [2.75, 3.05) is 0 Å². The van der Waals surface area contributed by atoms with Crippen molar-refractivity contribution in [1.82, 2.24) is 14.8 Å². The van der Waals surface area contributed by atoms with Crippen molar-refractivity contribution >= 4 is 12.2 Å². The maximum Gasteiger partial charge on any atom is 0.195 e. The average molecular weight is 275 g/mol. The second-order valence-electron chi connectivity index (χ2n) is 5.28. The van der Waals surface area contributed by atoms with Gasteiger partial charge >= 0.3 is 0 Å². The van der Waals surface area contributed by atoms with Crippen LogP contribution in [0.15, 0.2) is 30.3 Å². The number of H-pyrrole nitrogens is 1. The lowest BCUT2D eigenvalue weighted by atomic mass is 10.1. The molecule has 2 aromatic rings. The zero-order chi connectivity index (χ0) is 13.8. The lowest BCUT2D eigenvalue weighted by molar-refractivity contribution is 0.474. The normalized spacial score (nSPS) is 12.8. The van der Waals surface area contributed by atoms with Crippen LogP contribution in [0.25, 0.3) is 0 Å². The average Bonchev–Trinajstić information content (AvgIpc) is 2.79. The molecule has 1 aromatic heterocycles. The third-order valence-electron chi connectivity index (χ3n) is 3.38. The second kappa shape index (κ2) is 6.15. The number of aromatic amines is 1. The highest BCUT2D eigenvalue weighted by atomic mass is 32.1. The van der Waals surface area contributed by atoms with Crippen LogP contribution in [-0.2, 0) is 6.42 Å². The summed E-state index contributed by atoms with van der Waals surface area (Å²) in [4.78, 5) is 0. The highest BCUT2D eigenvalue weighted by Gasteiger charge is 2.15. The Bertz CT molecular complexity index is 569. The molecule has 3 nitrogen and oxygen atoms in total. The summed E-state index contributed by atoms with van der Waals surface area (Å²) in [6, 6.07) is 10.9. The molecule has 1 aromatic carbocycles. The molecule has 0 radical (unpaired) electrons. The van der Waals surface area contributed by atoms with Gasteiger partial charge in [-0.25, -0.2) is 0 Å². The second-order valence-corrected chi connectivity index (χ2v) is 5.67. The van der Waals surface area contributed by atoms with Crippen LogP contribution in [0.3, 0.4) is 0 Å². The molecule has 0 saturated carbocycles. The fourth-order valence-electron chi connectivity index (χ4n) is 2.30. The van der Waals surface area contributed by atoms with E-state index in [1.165, 1.54) is 5.56 Å². The zero-order valence-electron chi connectivity index (χ0n) is 11.8. The van der Waals surface area contributed by atoms with Crippen molar-refractivity contribution in [3.63, 3.8) is 0 Å². The van der Waals surface area contributed by atoms with E-state index >= 15 is 0 Å². The van der Waals surface area contributed by atoms with Crippen molar-refractivity contribution < 1.29 is 0 Å². The quantitative estimate of drug-likeness (QED) is 0.827. The van der Waals surface area contributed by atoms with Crippen LogP contribution >= 0.6 is 12.2 Å². The Hall–Kier alpha value is -1.42. The number of benzene rings is 1. The maximum atomic E-state index is 5.34. The lowest BCUT2D eigenvalue weighted by Crippen LogP contribution is -2.11. The Kier molecular flexibility index (Phi) is 4.53. The molecule has 0 aliphatic carbocycles. The molecule has 0 fully saturated rings. The predicted molar refractivity (Wildman–Crippen MR) is 81.0 cm³/mol. The number of hydrogen-bond donors (Lipinski definition) is 1. The van der Waals surface area contributed by atoms with Crippen molar-refractivity contribution in [1.29, 1.82) is 0 Å². The standard InChI is InChI=1S/C15H21N3S/c1-11(2)14-16-17-15(19)18(14)12(3)9-10-13-7-5-4-6-8-13/h4-8,11-12H,9-10H2,1-3H3,(H,17,19). The summed E-state index contributed by atoms with van der Waals surface area (Å²) < 4.78 is 2.88. The highest BCUT2D eigenvalue weighted by molar-refractivity contribution is 7.71. The Morgan fingerprint density at radius 1 is 1.21 bits per heavy atom. The van der Waals surface area contributed by atoms with E-state index in [0.29, 0.717) is 12.0 Å². The summed E-state index contributed by atoms with van der Waals surface area (Å²) in [7, 11) is 0. The molecular formula is C15H21N3S. The third kappa shape index (κ3) is 3.32. The largest absolute Gasteiger partial charge is 0.301 e. The fraction of sp³-hybridized carbons (Fsp3) is 0.467. The Morgan fingerprint density at radius 2 is 1.89 bits per heavy atom. The molecule has 0 bridgehead atoms. The van der Waals surface area contributed by atoms with E-state index in [-0.39, 0.29) is 0 Å². The summed E-state index contributed by atoms with van der Waals surface area (Å²) in [6.45, 7) is 6.50. The number of hydrogen-bond acceptors (Lipinski definition) is 2. The van der Waals surface area contributed by atoms with Gasteiger partial charge in [-0.05, 0) is 37.5 Å². The molecule has 102 valence electrons. The van der Waals surface area contributed by atoms with E-state index in [9.17, 15) is 0 Å². The molecule has 0 aliphatic heterocycles. The summed E-state index contributed by atoms with van der Waals surface area (Å²) in [5.74, 6) is 1.43. The number of nitrogens with one attached hydrogen (secondary N) is 1. The molecule has 1 heterocycles. The first-order valence-corrected chi connectivity index (χ1v) is 7.21. The molecule has 1 N–H and O–H groups in total. The van der Waals surface area contributed by atoms with Crippen molar-refractivity contribution in [3.05, 3.63) is 46.5 Å². The van der Waals surface area contributed by atoms with Gasteiger partial charge in [0.2, 0.25) is 0 Å². The summed E-state index contributed by atoms with van der Waals surface area (Å²) in [5, 5.41) is 7.25. The van der Waals surface area contributed by atoms with E-state index < -0.39 is 0 Å². The van der Waals surface area contributed by atoms with E-state index in [1.54, 1.807) is 0 Å². The van der Waals surface area contributed by atoms with Crippen molar-refractivity contribution in [2.45, 2.75) is 45.6 Å². The van der Waals surface area contributed by atoms with Gasteiger partial charge in [0.15, 0.2) is 4.77 Å². The van der Waals surface area contributed by atoms with E-state index in [4.69, 9.17) is 12.2 Å². The molecule has 1 atom stereocenters. The van der Waals surface area contributed by atoms with Crippen LogP contribution in [0.2, 0.25) is 0 Å². The third-order valence-corrected chi connectivity index (χ3v) is 3.67. The van der Waals surface area contributed by atoms with Gasteiger partial charge in [-0.1, -0.05) is 44.2 Å². The van der Waals surface area contributed by atoms with Gasteiger partial charge in [-0.2, -0.15) is 5.10 Å². The summed E-state index contributed by atoms with van der Waals surface area (Å²) in [6.07, 6.45) is 2.13. The first kappa shape index (κ1) is 14.0. The van der Waals surface area contributed by atoms with Crippen LogP contribution in [0.1, 0.15) is 50.5 Å². The van der Waals surface area contributed by atoms with Gasteiger partial charge in [-0.15, -0.1) is 0 Å². The fourth-order valence-corrected chi connectivity index (χ4v) is 2.62. The van der Waals surface area contributed by atoms with Crippen LogP contribution in [-0.4, -0.2) is 14.8 Å². The van der Waals surface area contributed by atoms with Crippen LogP contribution in [0.5, 0.6) is 0 Å². The smallest absolute Gasteiger partial charge is 0.195 e. The molecule has 0 spiro atoms. The van der Waals surface area contributed by atoms with Crippen molar-refractivity contribution in [2.24, 2.45) is 0 Å². The predicted octanol–water partition coefficient (Wildman–Crippen LogP) is 4.26. The molecular weight excluding hydrogens is 254 g/mol. The molecule has 0 aliphatic rings. The number of aromatic nitrogens is 3. The zero-order valence-corrected chi connectivity index (χ0v) is 12.6. The molecule has 0 saturated heterocycles. The van der Waals surface area contributed by atoms with Gasteiger partial charge in [-0.3, -0.25) is 5.10 Å². The van der Waals surface area contributed by atoms with Gasteiger partial charge in [0.25, 0.3) is 0 Å². The van der Waals surface area contributed by atoms with E-state index in [1.807, 2.05) is 0 Å². The topological polar surface area (TPSA) is 33.6 Å². The van der Waals surface area contributed by atoms with E-state index in [0.717, 1.165) is 23.4 Å². The van der Waals surface area contributed by atoms with Gasteiger partial charge < -0.3 is 4.57 Å². The van der Waals surface area contributed by atoms with Crippen LogP contribution in [0.4, 0.5) is 0 Å². The Morgan fingerprint density at radius 3 is 2.53 bits per heavy atom. The maximum absolute atomic E-state index is 5.34.